The van der Waals surface area contributed by atoms with Gasteiger partial charge in [0.05, 0.1) is 0 Å². The summed E-state index contributed by atoms with van der Waals surface area (Å²) in [4.78, 5) is 13.0. The lowest BCUT2D eigenvalue weighted by Gasteiger charge is -2.42. The van der Waals surface area contributed by atoms with E-state index >= 15 is 0 Å². The van der Waals surface area contributed by atoms with Crippen LogP contribution in [-0.2, 0) is 23.3 Å². The maximum absolute atomic E-state index is 13.0. The topological polar surface area (TPSA) is 60.5 Å². The van der Waals surface area contributed by atoms with Crippen LogP contribution in [0.15, 0.2) is 0 Å². The van der Waals surface area contributed by atoms with Gasteiger partial charge >= 0.3 is 12.1 Å². The van der Waals surface area contributed by atoms with Crippen molar-refractivity contribution in [3.63, 3.8) is 0 Å². The molecule has 2 rings (SSSR count). The molecule has 0 aromatic heterocycles. The van der Waals surface area contributed by atoms with Crippen LogP contribution < -0.4 is 0 Å². The zero-order valence-electron chi connectivity index (χ0n) is 20.7. The molecule has 0 atom stereocenters. The Balaban J connectivity index is 0.00000578. The number of hydrogen-bond donors (Lipinski definition) is 0. The summed E-state index contributed by atoms with van der Waals surface area (Å²) in [5, 5.41) is 1.89. The highest BCUT2D eigenvalue weighted by molar-refractivity contribution is 7.92. The molecule has 0 radical (unpaired) electrons. The highest BCUT2D eigenvalue weighted by Gasteiger charge is 2.47. The van der Waals surface area contributed by atoms with Crippen molar-refractivity contribution in [2.24, 2.45) is 5.92 Å². The molecule has 2 aliphatic rings. The number of carbonyl (C=O) groups excluding carboxylic acids is 1. The average molecular weight is 535 g/mol. The Bertz CT molecular complexity index is 594. The zero-order chi connectivity index (χ0) is 24.5. The van der Waals surface area contributed by atoms with Gasteiger partial charge in [-0.2, -0.15) is 31.7 Å². The van der Waals surface area contributed by atoms with E-state index < -0.39 is 23.7 Å². The predicted molar refractivity (Wildman–Crippen MR) is 130 cm³/mol. The summed E-state index contributed by atoms with van der Waals surface area (Å²) in [7, 11) is 1.85. The van der Waals surface area contributed by atoms with Gasteiger partial charge in [-0.05, 0) is 52.4 Å². The molecule has 0 N–H and O–H groups in total. The number of esters is 1. The molecule has 7 nitrogen and oxygen atoms in total. The van der Waals surface area contributed by atoms with E-state index in [1.807, 2.05) is 37.2 Å². The Morgan fingerprint density at radius 1 is 1.15 bits per heavy atom. The van der Waals surface area contributed by atoms with Crippen molar-refractivity contribution in [3.8, 4) is 0 Å². The van der Waals surface area contributed by atoms with Crippen molar-refractivity contribution in [1.29, 1.82) is 0 Å². The first-order chi connectivity index (χ1) is 15.4. The van der Waals surface area contributed by atoms with Crippen molar-refractivity contribution in [1.82, 2.24) is 9.37 Å². The molecule has 2 heterocycles. The van der Waals surface area contributed by atoms with E-state index in [9.17, 15) is 18.0 Å². The average Bonchev–Trinajstić information content (AvgIpc) is 2.73. The molecule has 12 heteroatoms. The van der Waals surface area contributed by atoms with E-state index in [0.29, 0.717) is 38.6 Å². The lowest BCUT2D eigenvalue weighted by atomic mass is 9.90. The van der Waals surface area contributed by atoms with Crippen LogP contribution in [0.3, 0.4) is 0 Å². The molecule has 0 aliphatic carbocycles. The number of ether oxygens (including phenoxy) is 3. The van der Waals surface area contributed by atoms with Crippen LogP contribution in [0, 0.1) is 5.92 Å². The smallest absolute Gasteiger partial charge is 0.389 e. The SMILES string of the molecule is CN(SON1CCC(CCOCCCC(F)(F)F)CC1)C1(C(=O)OC(C)(C)C)CCOCC1.S. The Labute approximate surface area is 213 Å². The van der Waals surface area contributed by atoms with E-state index in [4.69, 9.17) is 18.5 Å². The number of halogens is 3. The molecule has 0 aromatic carbocycles. The number of nitrogens with zero attached hydrogens (tertiary/aromatic N) is 2. The van der Waals surface area contributed by atoms with Gasteiger partial charge in [-0.1, -0.05) is 0 Å². The second-order valence-electron chi connectivity index (χ2n) is 9.78. The zero-order valence-corrected chi connectivity index (χ0v) is 22.6. The number of carbonyl (C=O) groups is 1. The minimum absolute atomic E-state index is 0. The maximum Gasteiger partial charge on any atom is 0.389 e. The lowest BCUT2D eigenvalue weighted by Crippen LogP contribution is -2.56. The number of hydroxylamine groups is 2. The van der Waals surface area contributed by atoms with Gasteiger partial charge in [0.1, 0.15) is 23.4 Å². The summed E-state index contributed by atoms with van der Waals surface area (Å²) in [6, 6.07) is 0. The third-order valence-electron chi connectivity index (χ3n) is 5.94. The van der Waals surface area contributed by atoms with Crippen LogP contribution >= 0.6 is 25.7 Å². The minimum atomic E-state index is -4.11. The van der Waals surface area contributed by atoms with E-state index in [0.717, 1.165) is 44.6 Å². The monoisotopic (exact) mass is 534 g/mol. The number of hydrogen-bond acceptors (Lipinski definition) is 8. The van der Waals surface area contributed by atoms with Gasteiger partial charge in [-0.25, -0.2) is 13.4 Å². The Morgan fingerprint density at radius 3 is 2.32 bits per heavy atom. The second kappa shape index (κ2) is 14.5. The van der Waals surface area contributed by atoms with Gasteiger partial charge in [0.25, 0.3) is 0 Å². The lowest BCUT2D eigenvalue weighted by molar-refractivity contribution is -0.172. The molecule has 34 heavy (non-hydrogen) atoms. The quantitative estimate of drug-likeness (QED) is 0.161. The molecule has 0 unspecified atom stereocenters. The number of alkyl halides is 3. The molecular formula is C22H41F3N2O5S2. The molecule has 202 valence electrons. The van der Waals surface area contributed by atoms with Crippen molar-refractivity contribution < 1.29 is 36.5 Å². The summed E-state index contributed by atoms with van der Waals surface area (Å²) in [6.45, 7) is 8.71. The molecule has 2 fully saturated rings. The largest absolute Gasteiger partial charge is 0.459 e. The predicted octanol–water partition coefficient (Wildman–Crippen LogP) is 4.88. The van der Waals surface area contributed by atoms with Gasteiger partial charge in [0.15, 0.2) is 0 Å². The van der Waals surface area contributed by atoms with Gasteiger partial charge in [0, 0.05) is 65.8 Å². The normalized spacial score (nSPS) is 20.2. The Hall–Kier alpha value is -0.240. The van der Waals surface area contributed by atoms with E-state index in [1.54, 1.807) is 0 Å². The summed E-state index contributed by atoms with van der Waals surface area (Å²) in [6.07, 6.45) is -1.11. The highest BCUT2D eigenvalue weighted by Crippen LogP contribution is 2.35. The molecular weight excluding hydrogens is 493 g/mol. The molecule has 0 bridgehead atoms. The first-order valence-corrected chi connectivity index (χ1v) is 12.4. The maximum atomic E-state index is 13.0. The summed E-state index contributed by atoms with van der Waals surface area (Å²) in [5.74, 6) is 0.213. The second-order valence-corrected chi connectivity index (χ2v) is 10.6. The molecule has 0 aromatic rings. The van der Waals surface area contributed by atoms with E-state index in [1.165, 1.54) is 0 Å². The van der Waals surface area contributed by atoms with Crippen LogP contribution in [0.4, 0.5) is 13.2 Å². The summed E-state index contributed by atoms with van der Waals surface area (Å²) >= 11 is 1.16. The standard InChI is InChI=1S/C22H39F3N2O5S.H2S/c1-20(2,3)31-19(28)21(10-16-30-17-11-21)26(4)33-32-27-12-6-18(7-13-27)8-15-29-14-5-9-22(23,24)25;/h18H,5-17H2,1-4H3;1H2. The fraction of sp³-hybridized carbons (Fsp3) is 0.955. The number of piperidine rings is 1. The minimum Gasteiger partial charge on any atom is -0.459 e. The van der Waals surface area contributed by atoms with Gasteiger partial charge in [-0.15, -0.1) is 0 Å². The van der Waals surface area contributed by atoms with Crippen molar-refractivity contribution in [2.75, 3.05) is 46.6 Å². The molecule has 2 saturated heterocycles. The summed E-state index contributed by atoms with van der Waals surface area (Å²) in [5.41, 5.74) is -1.36. The number of rotatable bonds is 11. The third kappa shape index (κ3) is 11.2. The Morgan fingerprint density at radius 2 is 1.76 bits per heavy atom. The van der Waals surface area contributed by atoms with Crippen molar-refractivity contribution in [2.45, 2.75) is 83.0 Å². The van der Waals surface area contributed by atoms with Crippen LogP contribution in [0.25, 0.3) is 0 Å². The van der Waals surface area contributed by atoms with Crippen LogP contribution in [0.2, 0.25) is 0 Å². The van der Waals surface area contributed by atoms with E-state index in [2.05, 4.69) is 0 Å². The van der Waals surface area contributed by atoms with Crippen LogP contribution in [0.5, 0.6) is 0 Å². The van der Waals surface area contributed by atoms with Crippen molar-refractivity contribution >= 4 is 31.7 Å². The third-order valence-corrected chi connectivity index (χ3v) is 6.80. The summed E-state index contributed by atoms with van der Waals surface area (Å²) < 4.78 is 60.7. The van der Waals surface area contributed by atoms with Crippen LogP contribution in [-0.4, -0.2) is 79.2 Å². The number of likely N-dealkylation sites (N-methyl/N-ethyl adjacent to an activating group) is 1. The molecule has 0 saturated carbocycles. The van der Waals surface area contributed by atoms with Gasteiger partial charge in [0.2, 0.25) is 0 Å². The first kappa shape index (κ1) is 31.8. The molecule has 0 amide bonds. The fourth-order valence-corrected chi connectivity index (χ4v) is 4.64. The molecule has 2 aliphatic heterocycles. The van der Waals surface area contributed by atoms with Gasteiger partial charge in [-0.3, -0.25) is 0 Å². The van der Waals surface area contributed by atoms with Gasteiger partial charge < -0.3 is 14.2 Å². The Kier molecular flexibility index (Phi) is 13.5. The van der Waals surface area contributed by atoms with Crippen molar-refractivity contribution in [3.05, 3.63) is 0 Å². The first-order valence-electron chi connectivity index (χ1n) is 11.7. The fourth-order valence-electron chi connectivity index (χ4n) is 3.90. The highest BCUT2D eigenvalue weighted by atomic mass is 32.2. The van der Waals surface area contributed by atoms with Crippen LogP contribution in [0.1, 0.15) is 65.7 Å². The molecule has 0 spiro atoms. The van der Waals surface area contributed by atoms with E-state index in [-0.39, 0.29) is 32.5 Å².